The molecule has 2 rings (SSSR count). The molecule has 0 bridgehead atoms. The molecule has 0 atom stereocenters. The van der Waals surface area contributed by atoms with Gasteiger partial charge in [-0.15, -0.1) is 0 Å². The number of amides is 1. The topological polar surface area (TPSA) is 47.6 Å². The fourth-order valence-electron chi connectivity index (χ4n) is 2.64. The van der Waals surface area contributed by atoms with Crippen molar-refractivity contribution in [3.05, 3.63) is 52.5 Å². The van der Waals surface area contributed by atoms with Crippen LogP contribution in [0.2, 0.25) is 10.0 Å². The minimum absolute atomic E-state index is 0.124. The maximum atomic E-state index is 12.0. The van der Waals surface area contributed by atoms with Crippen LogP contribution in [-0.2, 0) is 4.79 Å². The van der Waals surface area contributed by atoms with Crippen molar-refractivity contribution in [1.82, 2.24) is 0 Å². The number of rotatable bonds is 12. The Morgan fingerprint density at radius 1 is 0.893 bits per heavy atom. The van der Waals surface area contributed by atoms with E-state index >= 15 is 0 Å². The molecule has 0 heterocycles. The van der Waals surface area contributed by atoms with Gasteiger partial charge >= 0.3 is 0 Å². The van der Waals surface area contributed by atoms with Crippen LogP contribution >= 0.6 is 23.2 Å². The fourth-order valence-corrected chi connectivity index (χ4v) is 2.99. The van der Waals surface area contributed by atoms with Gasteiger partial charge in [-0.1, -0.05) is 68.3 Å². The number of halogens is 2. The van der Waals surface area contributed by atoms with Crippen molar-refractivity contribution in [2.75, 3.05) is 18.5 Å². The van der Waals surface area contributed by atoms with Crippen molar-refractivity contribution in [1.29, 1.82) is 0 Å². The van der Waals surface area contributed by atoms with Gasteiger partial charge < -0.3 is 14.8 Å². The normalized spacial score (nSPS) is 10.5. The lowest BCUT2D eigenvalue weighted by atomic mass is 10.1. The molecular weight excluding hydrogens is 397 g/mol. The van der Waals surface area contributed by atoms with Crippen LogP contribution in [0.15, 0.2) is 42.5 Å². The summed E-state index contributed by atoms with van der Waals surface area (Å²) in [6, 6.07) is 12.3. The molecule has 0 aliphatic carbocycles. The van der Waals surface area contributed by atoms with Crippen LogP contribution < -0.4 is 14.8 Å². The Labute approximate surface area is 177 Å². The number of carbonyl (C=O) groups is 1. The molecule has 0 radical (unpaired) electrons. The molecule has 0 unspecified atom stereocenters. The van der Waals surface area contributed by atoms with Gasteiger partial charge in [-0.3, -0.25) is 4.79 Å². The van der Waals surface area contributed by atoms with Gasteiger partial charge in [0.15, 0.2) is 6.61 Å². The summed E-state index contributed by atoms with van der Waals surface area (Å²) in [5.41, 5.74) is 0.459. The van der Waals surface area contributed by atoms with Crippen molar-refractivity contribution in [3.63, 3.8) is 0 Å². The summed E-state index contributed by atoms with van der Waals surface area (Å²) < 4.78 is 11.2. The average molecular weight is 424 g/mol. The average Bonchev–Trinajstić information content (AvgIpc) is 2.70. The number of ether oxygens (including phenoxy) is 2. The van der Waals surface area contributed by atoms with E-state index in [4.69, 9.17) is 32.7 Å². The summed E-state index contributed by atoms with van der Waals surface area (Å²) in [7, 11) is 0. The van der Waals surface area contributed by atoms with E-state index in [9.17, 15) is 4.79 Å². The van der Waals surface area contributed by atoms with Gasteiger partial charge in [0.25, 0.3) is 5.91 Å². The van der Waals surface area contributed by atoms with E-state index in [1.165, 1.54) is 32.1 Å². The number of hydrogen-bond acceptors (Lipinski definition) is 3. The number of nitrogens with one attached hydrogen (secondary N) is 1. The largest absolute Gasteiger partial charge is 0.494 e. The second-order valence-corrected chi connectivity index (χ2v) is 7.31. The van der Waals surface area contributed by atoms with Crippen LogP contribution in [0.1, 0.15) is 45.4 Å². The van der Waals surface area contributed by atoms with Gasteiger partial charge in [-0.2, -0.15) is 0 Å². The zero-order valence-electron chi connectivity index (χ0n) is 16.2. The van der Waals surface area contributed by atoms with Gasteiger partial charge in [-0.05, 0) is 42.8 Å². The van der Waals surface area contributed by atoms with E-state index < -0.39 is 0 Å². The number of benzene rings is 2. The predicted octanol–water partition coefficient (Wildman–Crippen LogP) is 6.75. The monoisotopic (exact) mass is 423 g/mol. The zero-order chi connectivity index (χ0) is 20.2. The Morgan fingerprint density at radius 3 is 2.25 bits per heavy atom. The molecule has 1 N–H and O–H groups in total. The van der Waals surface area contributed by atoms with Crippen LogP contribution in [0.5, 0.6) is 11.5 Å². The van der Waals surface area contributed by atoms with Gasteiger partial charge in [0.1, 0.15) is 11.5 Å². The lowest BCUT2D eigenvalue weighted by Crippen LogP contribution is -2.20. The summed E-state index contributed by atoms with van der Waals surface area (Å²) in [6.07, 6.45) is 7.42. The van der Waals surface area contributed by atoms with E-state index in [1.807, 2.05) is 12.1 Å². The Morgan fingerprint density at radius 2 is 1.54 bits per heavy atom. The fraction of sp³-hybridized carbons (Fsp3) is 0.409. The minimum Gasteiger partial charge on any atom is -0.494 e. The summed E-state index contributed by atoms with van der Waals surface area (Å²) in [6.45, 7) is 2.81. The summed E-state index contributed by atoms with van der Waals surface area (Å²) in [5.74, 6) is 1.09. The summed E-state index contributed by atoms with van der Waals surface area (Å²) in [5, 5.41) is 3.38. The standard InChI is InChI=1S/C22H27Cl2NO3/c1-2-3-4-5-6-7-15-27-17-11-13-18(14-12-17)28-16-21(26)25-20-10-8-9-19(23)22(20)24/h8-14H,2-7,15-16H2,1H3,(H,25,26). The molecule has 0 saturated heterocycles. The smallest absolute Gasteiger partial charge is 0.262 e. The zero-order valence-corrected chi connectivity index (χ0v) is 17.7. The first-order valence-electron chi connectivity index (χ1n) is 9.69. The minimum atomic E-state index is -0.312. The number of carbonyl (C=O) groups excluding carboxylic acids is 1. The number of anilines is 1. The summed E-state index contributed by atoms with van der Waals surface area (Å²) >= 11 is 12.0. The molecule has 1 amide bonds. The van der Waals surface area contributed by atoms with E-state index in [0.717, 1.165) is 18.8 Å². The molecule has 2 aromatic rings. The molecule has 0 aromatic heterocycles. The first-order valence-corrected chi connectivity index (χ1v) is 10.4. The third kappa shape index (κ3) is 7.99. The highest BCUT2D eigenvalue weighted by atomic mass is 35.5. The van der Waals surface area contributed by atoms with Crippen molar-refractivity contribution in [2.24, 2.45) is 0 Å². The molecule has 4 nitrogen and oxygen atoms in total. The van der Waals surface area contributed by atoms with E-state index in [1.54, 1.807) is 30.3 Å². The van der Waals surface area contributed by atoms with Crippen LogP contribution in [0.4, 0.5) is 5.69 Å². The lowest BCUT2D eigenvalue weighted by Gasteiger charge is -2.10. The van der Waals surface area contributed by atoms with Crippen LogP contribution in [0.3, 0.4) is 0 Å². The third-order valence-corrected chi connectivity index (χ3v) is 5.00. The first kappa shape index (κ1) is 22.4. The molecule has 6 heteroatoms. The van der Waals surface area contributed by atoms with Crippen molar-refractivity contribution >= 4 is 34.8 Å². The summed E-state index contributed by atoms with van der Waals surface area (Å²) in [4.78, 5) is 12.0. The van der Waals surface area contributed by atoms with E-state index in [2.05, 4.69) is 12.2 Å². The molecule has 0 saturated carbocycles. The molecule has 28 heavy (non-hydrogen) atoms. The first-order chi connectivity index (χ1) is 13.6. The Kier molecular flexibility index (Phi) is 10.0. The number of unbranched alkanes of at least 4 members (excludes halogenated alkanes) is 5. The molecule has 152 valence electrons. The van der Waals surface area contributed by atoms with Gasteiger partial charge in [-0.25, -0.2) is 0 Å². The van der Waals surface area contributed by atoms with Crippen molar-refractivity contribution in [3.8, 4) is 11.5 Å². The highest BCUT2D eigenvalue weighted by Crippen LogP contribution is 2.29. The highest BCUT2D eigenvalue weighted by molar-refractivity contribution is 6.43. The lowest BCUT2D eigenvalue weighted by molar-refractivity contribution is -0.118. The molecule has 0 fully saturated rings. The number of hydrogen-bond donors (Lipinski definition) is 1. The quantitative estimate of drug-likeness (QED) is 0.384. The van der Waals surface area contributed by atoms with E-state index in [-0.39, 0.29) is 12.5 Å². The van der Waals surface area contributed by atoms with Crippen LogP contribution in [0, 0.1) is 0 Å². The third-order valence-electron chi connectivity index (χ3n) is 4.19. The Bertz CT molecular complexity index is 735. The predicted molar refractivity (Wildman–Crippen MR) is 116 cm³/mol. The van der Waals surface area contributed by atoms with Gasteiger partial charge in [0, 0.05) is 0 Å². The molecule has 0 aliphatic rings. The van der Waals surface area contributed by atoms with Crippen LogP contribution in [-0.4, -0.2) is 19.1 Å². The molecule has 2 aromatic carbocycles. The van der Waals surface area contributed by atoms with Crippen molar-refractivity contribution < 1.29 is 14.3 Å². The van der Waals surface area contributed by atoms with E-state index in [0.29, 0.717) is 21.5 Å². The highest BCUT2D eigenvalue weighted by Gasteiger charge is 2.09. The van der Waals surface area contributed by atoms with Gasteiger partial charge in [0.2, 0.25) is 0 Å². The SMILES string of the molecule is CCCCCCCCOc1ccc(OCC(=O)Nc2cccc(Cl)c2Cl)cc1. The van der Waals surface area contributed by atoms with Gasteiger partial charge in [0.05, 0.1) is 22.3 Å². The molecule has 0 spiro atoms. The Balaban J connectivity index is 1.68. The molecule has 0 aliphatic heterocycles. The second-order valence-electron chi connectivity index (χ2n) is 6.53. The molecular formula is C22H27Cl2NO3. The second kappa shape index (κ2) is 12.5. The van der Waals surface area contributed by atoms with Crippen molar-refractivity contribution in [2.45, 2.75) is 45.4 Å². The Hall–Kier alpha value is -1.91. The maximum Gasteiger partial charge on any atom is 0.262 e. The maximum absolute atomic E-state index is 12.0. The van der Waals surface area contributed by atoms with Crippen LogP contribution in [0.25, 0.3) is 0 Å².